The maximum Gasteiger partial charge on any atom is 0.243 e. The first-order valence-electron chi connectivity index (χ1n) is 7.88. The molecule has 0 atom stereocenters. The Bertz CT molecular complexity index is 773. The second-order valence-corrected chi connectivity index (χ2v) is 7.72. The van der Waals surface area contributed by atoms with Crippen molar-refractivity contribution in [3.05, 3.63) is 57.6 Å². The predicted octanol–water partition coefficient (Wildman–Crippen LogP) is 4.22. The Kier molecular flexibility index (Phi) is 7.08. The van der Waals surface area contributed by atoms with Crippen LogP contribution in [0, 0.1) is 20.8 Å². The van der Waals surface area contributed by atoms with E-state index in [1.54, 1.807) is 0 Å². The molecule has 2 rings (SSSR count). The summed E-state index contributed by atoms with van der Waals surface area (Å²) in [6.45, 7) is 5.85. The van der Waals surface area contributed by atoms with Crippen LogP contribution in [0.4, 0.5) is 5.69 Å². The van der Waals surface area contributed by atoms with Crippen LogP contribution in [-0.2, 0) is 9.59 Å². The number of benzene rings is 2. The number of carbonyl (C=O) groups is 2. The summed E-state index contributed by atoms with van der Waals surface area (Å²) in [4.78, 5) is 25.1. The van der Waals surface area contributed by atoms with Crippen LogP contribution < -0.4 is 10.6 Å². The Labute approximate surface area is 160 Å². The number of aryl methyl sites for hydroxylation is 3. The average molecular weight is 421 g/mol. The van der Waals surface area contributed by atoms with Gasteiger partial charge in [-0.3, -0.25) is 9.59 Å². The summed E-state index contributed by atoms with van der Waals surface area (Å²) in [5.41, 5.74) is 3.92. The van der Waals surface area contributed by atoms with Crippen molar-refractivity contribution < 1.29 is 9.59 Å². The number of anilines is 1. The van der Waals surface area contributed by atoms with E-state index < -0.39 is 0 Å². The highest BCUT2D eigenvalue weighted by atomic mass is 79.9. The molecule has 0 fully saturated rings. The Morgan fingerprint density at radius 2 is 1.68 bits per heavy atom. The number of nitrogens with one attached hydrogen (secondary N) is 2. The van der Waals surface area contributed by atoms with E-state index in [4.69, 9.17) is 0 Å². The first kappa shape index (κ1) is 19.5. The molecule has 2 amide bonds. The molecular weight excluding hydrogens is 400 g/mol. The monoisotopic (exact) mass is 420 g/mol. The molecule has 2 aromatic rings. The molecule has 2 aromatic carbocycles. The molecule has 25 heavy (non-hydrogen) atoms. The van der Waals surface area contributed by atoms with Gasteiger partial charge in [0, 0.05) is 15.1 Å². The fraction of sp³-hybridized carbons (Fsp3) is 0.263. The third-order valence-corrected chi connectivity index (χ3v) is 5.36. The second-order valence-electron chi connectivity index (χ2n) is 5.79. The molecule has 4 nitrogen and oxygen atoms in total. The molecular formula is C19H21BrN2O2S. The minimum atomic E-state index is -0.226. The summed E-state index contributed by atoms with van der Waals surface area (Å²) in [6.07, 6.45) is 0. The van der Waals surface area contributed by atoms with Gasteiger partial charge in [-0.2, -0.15) is 0 Å². The third kappa shape index (κ3) is 5.90. The number of amides is 2. The van der Waals surface area contributed by atoms with Gasteiger partial charge in [0.15, 0.2) is 0 Å². The van der Waals surface area contributed by atoms with Gasteiger partial charge in [0.25, 0.3) is 0 Å². The van der Waals surface area contributed by atoms with Crippen LogP contribution in [0.2, 0.25) is 0 Å². The van der Waals surface area contributed by atoms with Crippen LogP contribution in [0.1, 0.15) is 16.7 Å². The normalized spacial score (nSPS) is 10.4. The van der Waals surface area contributed by atoms with Crippen LogP contribution >= 0.6 is 27.7 Å². The summed E-state index contributed by atoms with van der Waals surface area (Å²) in [7, 11) is 0. The quantitative estimate of drug-likeness (QED) is 0.687. The predicted molar refractivity (Wildman–Crippen MR) is 107 cm³/mol. The fourth-order valence-electron chi connectivity index (χ4n) is 2.34. The lowest BCUT2D eigenvalue weighted by Crippen LogP contribution is -2.34. The topological polar surface area (TPSA) is 58.2 Å². The molecule has 0 saturated carbocycles. The van der Waals surface area contributed by atoms with Gasteiger partial charge in [0.05, 0.1) is 12.3 Å². The lowest BCUT2D eigenvalue weighted by Gasteiger charge is -2.12. The minimum absolute atomic E-state index is 0.0352. The van der Waals surface area contributed by atoms with Crippen molar-refractivity contribution in [1.82, 2.24) is 5.32 Å². The van der Waals surface area contributed by atoms with Crippen molar-refractivity contribution in [2.24, 2.45) is 0 Å². The van der Waals surface area contributed by atoms with E-state index in [1.807, 2.05) is 57.2 Å². The van der Waals surface area contributed by atoms with Gasteiger partial charge < -0.3 is 10.6 Å². The van der Waals surface area contributed by atoms with E-state index in [0.29, 0.717) is 0 Å². The van der Waals surface area contributed by atoms with Gasteiger partial charge >= 0.3 is 0 Å². The van der Waals surface area contributed by atoms with E-state index >= 15 is 0 Å². The van der Waals surface area contributed by atoms with Gasteiger partial charge in [0.2, 0.25) is 11.8 Å². The zero-order chi connectivity index (χ0) is 18.4. The second kappa shape index (κ2) is 9.06. The van der Waals surface area contributed by atoms with Crippen molar-refractivity contribution in [3.8, 4) is 0 Å². The van der Waals surface area contributed by atoms with E-state index in [9.17, 15) is 9.59 Å². The Balaban J connectivity index is 1.80. The first-order valence-corrected chi connectivity index (χ1v) is 9.66. The SMILES string of the molecule is Cc1cc(Br)ccc1SCC(=O)NCC(=O)Nc1c(C)cccc1C. The molecule has 132 valence electrons. The molecule has 0 heterocycles. The van der Waals surface area contributed by atoms with Crippen molar-refractivity contribution in [3.63, 3.8) is 0 Å². The van der Waals surface area contributed by atoms with Crippen molar-refractivity contribution in [1.29, 1.82) is 0 Å². The van der Waals surface area contributed by atoms with Crippen molar-refractivity contribution in [2.75, 3.05) is 17.6 Å². The number of thioether (sulfide) groups is 1. The molecule has 0 spiro atoms. The zero-order valence-electron chi connectivity index (χ0n) is 14.5. The zero-order valence-corrected chi connectivity index (χ0v) is 16.9. The summed E-state index contributed by atoms with van der Waals surface area (Å²) >= 11 is 4.88. The smallest absolute Gasteiger partial charge is 0.243 e. The van der Waals surface area contributed by atoms with E-state index in [1.165, 1.54) is 11.8 Å². The molecule has 0 aromatic heterocycles. The van der Waals surface area contributed by atoms with Crippen LogP contribution in [0.3, 0.4) is 0 Å². The molecule has 0 aliphatic heterocycles. The lowest BCUT2D eigenvalue weighted by molar-refractivity contribution is -0.122. The number of carbonyl (C=O) groups excluding carboxylic acids is 2. The molecule has 0 bridgehead atoms. The maximum atomic E-state index is 12.0. The lowest BCUT2D eigenvalue weighted by atomic mass is 10.1. The molecule has 0 unspecified atom stereocenters. The molecule has 0 radical (unpaired) electrons. The number of rotatable bonds is 6. The van der Waals surface area contributed by atoms with E-state index in [-0.39, 0.29) is 24.1 Å². The van der Waals surface area contributed by atoms with Crippen molar-refractivity contribution in [2.45, 2.75) is 25.7 Å². The highest BCUT2D eigenvalue weighted by Gasteiger charge is 2.10. The van der Waals surface area contributed by atoms with Crippen LogP contribution in [-0.4, -0.2) is 24.1 Å². The number of halogens is 1. The molecule has 2 N–H and O–H groups in total. The Morgan fingerprint density at radius 3 is 2.32 bits per heavy atom. The summed E-state index contributed by atoms with van der Waals surface area (Å²) in [5.74, 6) is -0.112. The maximum absolute atomic E-state index is 12.0. The number of hydrogen-bond donors (Lipinski definition) is 2. The van der Waals surface area contributed by atoms with E-state index in [2.05, 4.69) is 26.6 Å². The average Bonchev–Trinajstić information content (AvgIpc) is 2.55. The molecule has 0 aliphatic carbocycles. The van der Waals surface area contributed by atoms with Gasteiger partial charge in [-0.25, -0.2) is 0 Å². The van der Waals surface area contributed by atoms with Crippen molar-refractivity contribution >= 4 is 45.2 Å². The van der Waals surface area contributed by atoms with Crippen LogP contribution in [0.5, 0.6) is 0 Å². The number of hydrogen-bond acceptors (Lipinski definition) is 3. The standard InChI is InChI=1S/C19H21BrN2O2S/c1-12-5-4-6-13(2)19(12)22-17(23)10-21-18(24)11-25-16-8-7-15(20)9-14(16)3/h4-9H,10-11H2,1-3H3,(H,21,24)(H,22,23). The largest absolute Gasteiger partial charge is 0.346 e. The fourth-order valence-corrected chi connectivity index (χ4v) is 3.66. The van der Waals surface area contributed by atoms with Crippen LogP contribution in [0.25, 0.3) is 0 Å². The molecule has 0 aliphatic rings. The van der Waals surface area contributed by atoms with Gasteiger partial charge in [-0.1, -0.05) is 34.1 Å². The highest BCUT2D eigenvalue weighted by molar-refractivity contribution is 9.10. The number of para-hydroxylation sites is 1. The van der Waals surface area contributed by atoms with Crippen LogP contribution in [0.15, 0.2) is 45.8 Å². The van der Waals surface area contributed by atoms with E-state index in [0.717, 1.165) is 31.7 Å². The minimum Gasteiger partial charge on any atom is -0.346 e. The molecule has 0 saturated heterocycles. The molecule has 6 heteroatoms. The van der Waals surface area contributed by atoms with Gasteiger partial charge in [-0.15, -0.1) is 11.8 Å². The van der Waals surface area contributed by atoms with Gasteiger partial charge in [0.1, 0.15) is 0 Å². The summed E-state index contributed by atoms with van der Waals surface area (Å²) < 4.78 is 1.02. The summed E-state index contributed by atoms with van der Waals surface area (Å²) in [6, 6.07) is 11.8. The third-order valence-electron chi connectivity index (χ3n) is 3.69. The highest BCUT2D eigenvalue weighted by Crippen LogP contribution is 2.25. The Morgan fingerprint density at radius 1 is 1.00 bits per heavy atom. The van der Waals surface area contributed by atoms with Gasteiger partial charge in [-0.05, 0) is 55.7 Å². The summed E-state index contributed by atoms with van der Waals surface area (Å²) in [5, 5.41) is 5.52. The Hall–Kier alpha value is -1.79. The first-order chi connectivity index (χ1) is 11.9.